The zero-order chi connectivity index (χ0) is 21.2. The van der Waals surface area contributed by atoms with Gasteiger partial charge in [0.25, 0.3) is 5.91 Å². The molecule has 8 nitrogen and oxygen atoms in total. The Hall–Kier alpha value is -3.29. The molecular formula is C21H25N5O3. The molecule has 8 heteroatoms. The zero-order valence-corrected chi connectivity index (χ0v) is 17.0. The van der Waals surface area contributed by atoms with Crippen molar-refractivity contribution in [2.45, 2.75) is 46.6 Å². The van der Waals surface area contributed by atoms with Crippen molar-refractivity contribution in [1.29, 1.82) is 0 Å². The van der Waals surface area contributed by atoms with Gasteiger partial charge in [-0.3, -0.25) is 9.78 Å². The van der Waals surface area contributed by atoms with Gasteiger partial charge < -0.3 is 10.4 Å². The van der Waals surface area contributed by atoms with E-state index >= 15 is 0 Å². The summed E-state index contributed by atoms with van der Waals surface area (Å²) in [5.41, 5.74) is 2.03. The number of benzene rings is 1. The van der Waals surface area contributed by atoms with Gasteiger partial charge in [0.1, 0.15) is 6.04 Å². The van der Waals surface area contributed by atoms with Crippen molar-refractivity contribution in [3.05, 3.63) is 47.9 Å². The summed E-state index contributed by atoms with van der Waals surface area (Å²) < 4.78 is 1.55. The van der Waals surface area contributed by atoms with Crippen LogP contribution in [0.5, 0.6) is 0 Å². The number of aliphatic carboxylic acids is 1. The van der Waals surface area contributed by atoms with Crippen molar-refractivity contribution in [2.75, 3.05) is 0 Å². The van der Waals surface area contributed by atoms with Gasteiger partial charge in [0.15, 0.2) is 5.69 Å². The molecule has 0 fully saturated rings. The average molecular weight is 395 g/mol. The zero-order valence-electron chi connectivity index (χ0n) is 17.0. The second-order valence-corrected chi connectivity index (χ2v) is 8.25. The summed E-state index contributed by atoms with van der Waals surface area (Å²) in [5.74, 6) is -1.62. The molecule has 29 heavy (non-hydrogen) atoms. The molecule has 152 valence electrons. The lowest BCUT2D eigenvalue weighted by atomic mass is 9.88. The number of carboxylic acid groups (broad SMARTS) is 1. The highest BCUT2D eigenvalue weighted by Crippen LogP contribution is 2.23. The number of para-hydroxylation sites is 1. The topological polar surface area (TPSA) is 110 Å². The predicted molar refractivity (Wildman–Crippen MR) is 109 cm³/mol. The summed E-state index contributed by atoms with van der Waals surface area (Å²) in [7, 11) is 0. The van der Waals surface area contributed by atoms with Crippen LogP contribution in [0.25, 0.3) is 16.6 Å². The number of aromatic nitrogens is 4. The molecule has 0 aliphatic heterocycles. The maximum Gasteiger partial charge on any atom is 0.326 e. The minimum atomic E-state index is -1.06. The smallest absolute Gasteiger partial charge is 0.326 e. The van der Waals surface area contributed by atoms with Gasteiger partial charge in [0.2, 0.25) is 0 Å². The summed E-state index contributed by atoms with van der Waals surface area (Å²) in [5, 5.41) is 21.1. The summed E-state index contributed by atoms with van der Waals surface area (Å²) >= 11 is 0. The number of carbonyl (C=O) groups excluding carboxylic acids is 1. The van der Waals surface area contributed by atoms with Gasteiger partial charge in [-0.15, -0.1) is 5.10 Å². The van der Waals surface area contributed by atoms with E-state index < -0.39 is 17.9 Å². The number of nitrogens with one attached hydrogen (secondary N) is 1. The minimum absolute atomic E-state index is 0.0289. The Balaban J connectivity index is 1.86. The second kappa shape index (κ2) is 7.98. The number of rotatable bonds is 6. The van der Waals surface area contributed by atoms with Crippen LogP contribution in [0.3, 0.4) is 0 Å². The van der Waals surface area contributed by atoms with Crippen LogP contribution in [0.15, 0.2) is 36.5 Å². The van der Waals surface area contributed by atoms with E-state index in [0.717, 1.165) is 10.9 Å². The lowest BCUT2D eigenvalue weighted by Crippen LogP contribution is -2.41. The van der Waals surface area contributed by atoms with Gasteiger partial charge in [-0.1, -0.05) is 44.2 Å². The van der Waals surface area contributed by atoms with Gasteiger partial charge >= 0.3 is 5.97 Å². The van der Waals surface area contributed by atoms with Crippen molar-refractivity contribution in [3.63, 3.8) is 0 Å². The number of fused-ring (bicyclic) bond motifs is 1. The average Bonchev–Trinajstić information content (AvgIpc) is 3.04. The maximum atomic E-state index is 12.7. The Kier molecular flexibility index (Phi) is 5.63. The van der Waals surface area contributed by atoms with Gasteiger partial charge in [-0.2, -0.15) is 0 Å². The first kappa shape index (κ1) is 20.4. The molecule has 1 atom stereocenters. The van der Waals surface area contributed by atoms with E-state index in [9.17, 15) is 14.7 Å². The van der Waals surface area contributed by atoms with E-state index in [1.54, 1.807) is 17.8 Å². The molecule has 1 amide bonds. The molecule has 3 aromatic rings. The van der Waals surface area contributed by atoms with Crippen LogP contribution >= 0.6 is 0 Å². The van der Waals surface area contributed by atoms with Crippen molar-refractivity contribution < 1.29 is 14.7 Å². The first-order valence-electron chi connectivity index (χ1n) is 9.47. The molecule has 2 N–H and O–H groups in total. The molecule has 0 aliphatic rings. The first-order valence-corrected chi connectivity index (χ1v) is 9.47. The van der Waals surface area contributed by atoms with E-state index in [2.05, 4.69) is 20.6 Å². The van der Waals surface area contributed by atoms with Crippen molar-refractivity contribution in [2.24, 2.45) is 5.41 Å². The third kappa shape index (κ3) is 4.59. The van der Waals surface area contributed by atoms with Crippen LogP contribution in [0.1, 0.15) is 49.8 Å². The molecule has 0 saturated carbocycles. The SMILES string of the molecule is Cc1c(C(=O)NC(CCC(C)(C)C)C(=O)O)nnn1-c1cccc2cccnc12. The van der Waals surface area contributed by atoms with Gasteiger partial charge in [0.05, 0.1) is 16.9 Å². The lowest BCUT2D eigenvalue weighted by molar-refractivity contribution is -0.139. The van der Waals surface area contributed by atoms with Gasteiger partial charge in [-0.25, -0.2) is 9.48 Å². The Labute approximate surface area is 169 Å². The summed E-state index contributed by atoms with van der Waals surface area (Å²) in [6.45, 7) is 7.81. The molecule has 2 aromatic heterocycles. The summed E-state index contributed by atoms with van der Waals surface area (Å²) in [6.07, 6.45) is 2.70. The summed E-state index contributed by atoms with van der Waals surface area (Å²) in [4.78, 5) is 28.7. The molecule has 0 radical (unpaired) electrons. The molecule has 2 heterocycles. The number of carboxylic acids is 1. The molecule has 3 rings (SSSR count). The standard InChI is InChI=1S/C21H25N5O3/c1-13-17(19(27)23-15(20(28)29)10-11-21(2,3)4)24-25-26(13)16-9-5-7-14-8-6-12-22-18(14)16/h5-9,12,15H,10-11H2,1-4H3,(H,23,27)(H,28,29). The molecule has 1 unspecified atom stereocenters. The van der Waals surface area contributed by atoms with Crippen molar-refractivity contribution in [3.8, 4) is 5.69 Å². The summed E-state index contributed by atoms with van der Waals surface area (Å²) in [6, 6.07) is 8.49. The van der Waals surface area contributed by atoms with E-state index in [-0.39, 0.29) is 11.1 Å². The van der Waals surface area contributed by atoms with E-state index in [4.69, 9.17) is 0 Å². The van der Waals surface area contributed by atoms with Crippen LogP contribution in [0, 0.1) is 12.3 Å². The number of nitrogens with zero attached hydrogens (tertiary/aromatic N) is 4. The highest BCUT2D eigenvalue weighted by molar-refractivity contribution is 5.96. The van der Waals surface area contributed by atoms with Crippen LogP contribution in [-0.2, 0) is 4.79 Å². The van der Waals surface area contributed by atoms with Crippen LogP contribution < -0.4 is 5.32 Å². The number of amides is 1. The fourth-order valence-electron chi connectivity index (χ4n) is 3.09. The molecular weight excluding hydrogens is 370 g/mol. The third-order valence-electron chi connectivity index (χ3n) is 4.74. The first-order chi connectivity index (χ1) is 13.7. The molecule has 0 spiro atoms. The van der Waals surface area contributed by atoms with Gasteiger partial charge in [0, 0.05) is 11.6 Å². The Morgan fingerprint density at radius 3 is 2.62 bits per heavy atom. The molecule has 0 saturated heterocycles. The monoisotopic (exact) mass is 395 g/mol. The minimum Gasteiger partial charge on any atom is -0.480 e. The number of hydrogen-bond acceptors (Lipinski definition) is 5. The van der Waals surface area contributed by atoms with Crippen molar-refractivity contribution in [1.82, 2.24) is 25.3 Å². The third-order valence-corrected chi connectivity index (χ3v) is 4.74. The normalized spacial score (nSPS) is 12.7. The molecule has 0 aliphatic carbocycles. The Morgan fingerprint density at radius 2 is 1.93 bits per heavy atom. The maximum absolute atomic E-state index is 12.7. The largest absolute Gasteiger partial charge is 0.480 e. The van der Waals surface area contributed by atoms with Crippen molar-refractivity contribution >= 4 is 22.8 Å². The molecule has 1 aromatic carbocycles. The number of carbonyl (C=O) groups is 2. The van der Waals surface area contributed by atoms with E-state index in [1.807, 2.05) is 51.1 Å². The number of pyridine rings is 1. The Bertz CT molecular complexity index is 1050. The second-order valence-electron chi connectivity index (χ2n) is 8.25. The lowest BCUT2D eigenvalue weighted by Gasteiger charge is -2.21. The van der Waals surface area contributed by atoms with Crippen LogP contribution in [-0.4, -0.2) is 43.0 Å². The molecule has 0 bridgehead atoms. The fourth-order valence-corrected chi connectivity index (χ4v) is 3.09. The van der Waals surface area contributed by atoms with Crippen LogP contribution in [0.4, 0.5) is 0 Å². The number of hydrogen-bond donors (Lipinski definition) is 2. The highest BCUT2D eigenvalue weighted by atomic mass is 16.4. The van der Waals surface area contributed by atoms with E-state index in [0.29, 0.717) is 24.2 Å². The predicted octanol–water partition coefficient (Wildman–Crippen LogP) is 3.13. The van der Waals surface area contributed by atoms with E-state index in [1.165, 1.54) is 0 Å². The Morgan fingerprint density at radius 1 is 1.21 bits per heavy atom. The highest BCUT2D eigenvalue weighted by Gasteiger charge is 2.26. The van der Waals surface area contributed by atoms with Crippen LogP contribution in [0.2, 0.25) is 0 Å². The fraction of sp³-hybridized carbons (Fsp3) is 0.381. The quantitative estimate of drug-likeness (QED) is 0.663. The van der Waals surface area contributed by atoms with Gasteiger partial charge in [-0.05, 0) is 37.3 Å².